The Bertz CT molecular complexity index is 658. The van der Waals surface area contributed by atoms with E-state index < -0.39 is 10.8 Å². The first-order valence-electron chi connectivity index (χ1n) is 5.53. The molecule has 0 saturated heterocycles. The number of nitro benzene ring substituents is 1. The van der Waals surface area contributed by atoms with Gasteiger partial charge in [0, 0.05) is 17.0 Å². The molecule has 1 amide bonds. The lowest BCUT2D eigenvalue weighted by atomic mass is 10.1. The molecule has 2 rings (SSSR count). The van der Waals surface area contributed by atoms with E-state index in [0.29, 0.717) is 6.54 Å². The molecular formula is C12H10ClN3O3S. The number of nitrogens with two attached hydrogens (primary N) is 1. The number of carbonyl (C=O) groups excluding carboxylic acids is 1. The van der Waals surface area contributed by atoms with Crippen molar-refractivity contribution >= 4 is 40.2 Å². The van der Waals surface area contributed by atoms with E-state index in [9.17, 15) is 14.9 Å². The van der Waals surface area contributed by atoms with Gasteiger partial charge in [0.25, 0.3) is 11.6 Å². The van der Waals surface area contributed by atoms with Crippen molar-refractivity contribution in [1.82, 2.24) is 5.32 Å². The maximum absolute atomic E-state index is 12.0. The van der Waals surface area contributed by atoms with Crippen LogP contribution in [0.2, 0.25) is 5.02 Å². The van der Waals surface area contributed by atoms with E-state index in [1.807, 2.05) is 17.5 Å². The largest absolute Gasteiger partial charge is 0.397 e. The molecule has 6 nitrogen and oxygen atoms in total. The number of halogens is 1. The van der Waals surface area contributed by atoms with Gasteiger partial charge >= 0.3 is 0 Å². The fourth-order valence-corrected chi connectivity index (χ4v) is 2.43. The quantitative estimate of drug-likeness (QED) is 0.515. The van der Waals surface area contributed by atoms with Crippen LogP contribution < -0.4 is 11.1 Å². The molecule has 0 aliphatic heterocycles. The highest BCUT2D eigenvalue weighted by atomic mass is 35.5. The average molecular weight is 312 g/mol. The van der Waals surface area contributed by atoms with Gasteiger partial charge < -0.3 is 11.1 Å². The minimum absolute atomic E-state index is 0.000700. The van der Waals surface area contributed by atoms with E-state index in [-0.39, 0.29) is 22.0 Å². The van der Waals surface area contributed by atoms with Crippen LogP contribution in [-0.2, 0) is 6.54 Å². The summed E-state index contributed by atoms with van der Waals surface area (Å²) in [7, 11) is 0. The highest BCUT2D eigenvalue weighted by Crippen LogP contribution is 2.28. The Morgan fingerprint density at radius 2 is 2.25 bits per heavy atom. The smallest absolute Gasteiger partial charge is 0.271 e. The molecule has 0 bridgehead atoms. The Labute approximate surface area is 123 Å². The van der Waals surface area contributed by atoms with Gasteiger partial charge in [-0.3, -0.25) is 14.9 Å². The van der Waals surface area contributed by atoms with Gasteiger partial charge in [0.05, 0.1) is 27.7 Å². The lowest BCUT2D eigenvalue weighted by Crippen LogP contribution is -2.23. The molecule has 0 saturated carbocycles. The minimum atomic E-state index is -0.624. The summed E-state index contributed by atoms with van der Waals surface area (Å²) in [6, 6.07) is 5.97. The molecule has 20 heavy (non-hydrogen) atoms. The first-order chi connectivity index (χ1) is 9.49. The zero-order valence-corrected chi connectivity index (χ0v) is 11.7. The van der Waals surface area contributed by atoms with Crippen LogP contribution >= 0.6 is 22.9 Å². The Balaban J connectivity index is 2.22. The molecule has 0 atom stereocenters. The van der Waals surface area contributed by atoms with Crippen molar-refractivity contribution in [3.63, 3.8) is 0 Å². The number of non-ortho nitro benzene ring substituents is 1. The van der Waals surface area contributed by atoms with Crippen LogP contribution in [0.4, 0.5) is 11.4 Å². The molecule has 0 unspecified atom stereocenters. The molecule has 0 aliphatic rings. The van der Waals surface area contributed by atoms with Crippen molar-refractivity contribution < 1.29 is 9.72 Å². The van der Waals surface area contributed by atoms with Crippen LogP contribution in [0.15, 0.2) is 29.6 Å². The number of nitro groups is 1. The van der Waals surface area contributed by atoms with E-state index in [0.717, 1.165) is 17.0 Å². The highest BCUT2D eigenvalue weighted by molar-refractivity contribution is 7.09. The van der Waals surface area contributed by atoms with Crippen molar-refractivity contribution in [2.45, 2.75) is 6.54 Å². The topological polar surface area (TPSA) is 98.3 Å². The Hall–Kier alpha value is -2.12. The monoisotopic (exact) mass is 311 g/mol. The molecule has 2 aromatic rings. The van der Waals surface area contributed by atoms with Gasteiger partial charge in [0.1, 0.15) is 0 Å². The van der Waals surface area contributed by atoms with Gasteiger partial charge in [0.15, 0.2) is 0 Å². The van der Waals surface area contributed by atoms with E-state index in [1.54, 1.807) is 0 Å². The Morgan fingerprint density at radius 1 is 1.50 bits per heavy atom. The molecule has 0 spiro atoms. The summed E-state index contributed by atoms with van der Waals surface area (Å²) in [6.07, 6.45) is 0. The minimum Gasteiger partial charge on any atom is -0.397 e. The lowest BCUT2D eigenvalue weighted by molar-refractivity contribution is -0.384. The van der Waals surface area contributed by atoms with E-state index >= 15 is 0 Å². The van der Waals surface area contributed by atoms with E-state index in [4.69, 9.17) is 17.3 Å². The summed E-state index contributed by atoms with van der Waals surface area (Å²) in [5, 5.41) is 15.3. The molecule has 3 N–H and O–H groups in total. The van der Waals surface area contributed by atoms with Gasteiger partial charge in [-0.1, -0.05) is 17.7 Å². The summed E-state index contributed by atoms with van der Waals surface area (Å²) in [5.41, 5.74) is 5.45. The third-order valence-electron chi connectivity index (χ3n) is 2.57. The Kier molecular flexibility index (Phi) is 4.21. The van der Waals surface area contributed by atoms with Gasteiger partial charge in [-0.15, -0.1) is 11.3 Å². The second-order valence-electron chi connectivity index (χ2n) is 3.91. The van der Waals surface area contributed by atoms with Crippen LogP contribution in [-0.4, -0.2) is 10.8 Å². The van der Waals surface area contributed by atoms with Gasteiger partial charge in [-0.05, 0) is 11.4 Å². The zero-order valence-electron chi connectivity index (χ0n) is 10.1. The molecule has 0 fully saturated rings. The predicted molar refractivity (Wildman–Crippen MR) is 78.0 cm³/mol. The molecular weight excluding hydrogens is 302 g/mol. The molecule has 1 aromatic carbocycles. The third-order valence-corrected chi connectivity index (χ3v) is 3.76. The number of anilines is 1. The number of nitrogens with zero attached hydrogens (tertiary/aromatic N) is 1. The molecule has 104 valence electrons. The highest BCUT2D eigenvalue weighted by Gasteiger charge is 2.18. The summed E-state index contributed by atoms with van der Waals surface area (Å²) in [6.45, 7) is 0.330. The maximum Gasteiger partial charge on any atom is 0.271 e. The maximum atomic E-state index is 12.0. The van der Waals surface area contributed by atoms with Gasteiger partial charge in [0.2, 0.25) is 0 Å². The standard InChI is InChI=1S/C12H10ClN3O3S/c13-10-5-7(16(18)19)4-9(11(10)14)12(17)15-6-8-2-1-3-20-8/h1-5H,6,14H2,(H,15,17). The molecule has 0 radical (unpaired) electrons. The number of nitrogen functional groups attached to an aromatic ring is 1. The summed E-state index contributed by atoms with van der Waals surface area (Å²) >= 11 is 7.29. The number of benzene rings is 1. The predicted octanol–water partition coefficient (Wildman–Crippen LogP) is 2.82. The van der Waals surface area contributed by atoms with Crippen molar-refractivity contribution in [1.29, 1.82) is 0 Å². The first kappa shape index (κ1) is 14.3. The number of hydrogen-bond acceptors (Lipinski definition) is 5. The van der Waals surface area contributed by atoms with Crippen molar-refractivity contribution in [3.8, 4) is 0 Å². The van der Waals surface area contributed by atoms with Gasteiger partial charge in [-0.25, -0.2) is 0 Å². The number of nitrogens with one attached hydrogen (secondary N) is 1. The molecule has 8 heteroatoms. The lowest BCUT2D eigenvalue weighted by Gasteiger charge is -2.08. The average Bonchev–Trinajstić information content (AvgIpc) is 2.92. The van der Waals surface area contributed by atoms with Gasteiger partial charge in [-0.2, -0.15) is 0 Å². The molecule has 0 aliphatic carbocycles. The Morgan fingerprint density at radius 3 is 2.85 bits per heavy atom. The summed E-state index contributed by atoms with van der Waals surface area (Å²) in [4.78, 5) is 23.1. The van der Waals surface area contributed by atoms with Crippen molar-refractivity contribution in [2.24, 2.45) is 0 Å². The second kappa shape index (κ2) is 5.89. The van der Waals surface area contributed by atoms with Crippen LogP contribution in [0, 0.1) is 10.1 Å². The normalized spacial score (nSPS) is 10.2. The third kappa shape index (κ3) is 3.06. The summed E-state index contributed by atoms with van der Waals surface area (Å²) in [5.74, 6) is -0.499. The fourth-order valence-electron chi connectivity index (χ4n) is 1.57. The number of amides is 1. The van der Waals surface area contributed by atoms with Crippen LogP contribution in [0.1, 0.15) is 15.2 Å². The van der Waals surface area contributed by atoms with Crippen molar-refractivity contribution in [3.05, 3.63) is 55.2 Å². The molecule has 1 heterocycles. The van der Waals surface area contributed by atoms with Crippen LogP contribution in [0.3, 0.4) is 0 Å². The fraction of sp³-hybridized carbons (Fsp3) is 0.0833. The first-order valence-corrected chi connectivity index (χ1v) is 6.79. The number of hydrogen-bond donors (Lipinski definition) is 2. The number of rotatable bonds is 4. The zero-order chi connectivity index (χ0) is 14.7. The van der Waals surface area contributed by atoms with E-state index in [2.05, 4.69) is 5.32 Å². The number of thiophene rings is 1. The number of carbonyl (C=O) groups is 1. The molecule has 1 aromatic heterocycles. The van der Waals surface area contributed by atoms with Crippen LogP contribution in [0.25, 0.3) is 0 Å². The summed E-state index contributed by atoms with van der Waals surface area (Å²) < 4.78 is 0. The van der Waals surface area contributed by atoms with E-state index in [1.165, 1.54) is 11.3 Å². The van der Waals surface area contributed by atoms with Crippen LogP contribution in [0.5, 0.6) is 0 Å². The second-order valence-corrected chi connectivity index (χ2v) is 5.35. The van der Waals surface area contributed by atoms with Crippen molar-refractivity contribution in [2.75, 3.05) is 5.73 Å². The SMILES string of the molecule is Nc1c(Cl)cc([N+](=O)[O-])cc1C(=O)NCc1cccs1.